The van der Waals surface area contributed by atoms with Crippen LogP contribution in [0.2, 0.25) is 0 Å². The highest BCUT2D eigenvalue weighted by atomic mass is 32.2. The van der Waals surface area contributed by atoms with Gasteiger partial charge >= 0.3 is 5.76 Å². The van der Waals surface area contributed by atoms with Gasteiger partial charge in [-0.1, -0.05) is 30.3 Å². The number of hydrogen-bond donors (Lipinski definition) is 1. The third-order valence-corrected chi connectivity index (χ3v) is 5.27. The van der Waals surface area contributed by atoms with Crippen molar-refractivity contribution in [2.75, 3.05) is 11.1 Å². The van der Waals surface area contributed by atoms with Crippen molar-refractivity contribution in [1.29, 1.82) is 0 Å². The lowest BCUT2D eigenvalue weighted by Crippen LogP contribution is -2.18. The zero-order valence-electron chi connectivity index (χ0n) is 11.8. The summed E-state index contributed by atoms with van der Waals surface area (Å²) in [5, 5.41) is 2.37. The van der Waals surface area contributed by atoms with Crippen LogP contribution >= 0.6 is 11.8 Å². The fraction of sp³-hybridized carbons (Fsp3) is 0.133. The normalized spacial score (nSPS) is 11.4. The van der Waals surface area contributed by atoms with E-state index < -0.39 is 26.4 Å². The van der Waals surface area contributed by atoms with Gasteiger partial charge in [-0.2, -0.15) is 8.78 Å². The van der Waals surface area contributed by atoms with Gasteiger partial charge in [-0.05, 0) is 24.3 Å². The van der Waals surface area contributed by atoms with Gasteiger partial charge in [0.2, 0.25) is 15.7 Å². The molecule has 0 aromatic heterocycles. The second-order valence-corrected chi connectivity index (χ2v) is 7.39. The average Bonchev–Trinajstić information content (AvgIpc) is 2.54. The summed E-state index contributed by atoms with van der Waals surface area (Å²) in [4.78, 5) is 12.2. The molecule has 0 atom stereocenters. The van der Waals surface area contributed by atoms with Gasteiger partial charge in [-0.25, -0.2) is 8.42 Å². The molecular formula is C15H13F2NO3S2. The Morgan fingerprint density at radius 1 is 1.04 bits per heavy atom. The number of halogens is 2. The van der Waals surface area contributed by atoms with E-state index in [9.17, 15) is 22.0 Å². The highest BCUT2D eigenvalue weighted by Gasteiger charge is 2.29. The van der Waals surface area contributed by atoms with Gasteiger partial charge in [0, 0.05) is 4.90 Å². The Kier molecular flexibility index (Phi) is 5.73. The van der Waals surface area contributed by atoms with Gasteiger partial charge in [0.25, 0.3) is 0 Å². The summed E-state index contributed by atoms with van der Waals surface area (Å²) in [5.41, 5.74) is -0.147. The Labute approximate surface area is 136 Å². The molecule has 2 rings (SSSR count). The number of anilines is 1. The maximum absolute atomic E-state index is 12.7. The van der Waals surface area contributed by atoms with Crippen LogP contribution in [0.3, 0.4) is 0 Å². The van der Waals surface area contributed by atoms with Gasteiger partial charge in [0.15, 0.2) is 0 Å². The van der Waals surface area contributed by atoms with Crippen LogP contribution in [-0.2, 0) is 14.6 Å². The maximum atomic E-state index is 12.7. The summed E-state index contributed by atoms with van der Waals surface area (Å²) >= 11 is 1.26. The number of amides is 1. The van der Waals surface area contributed by atoms with Crippen molar-refractivity contribution < 1.29 is 22.0 Å². The number of rotatable bonds is 6. The van der Waals surface area contributed by atoms with E-state index in [0.717, 1.165) is 11.0 Å². The van der Waals surface area contributed by atoms with Crippen LogP contribution in [0.25, 0.3) is 0 Å². The van der Waals surface area contributed by atoms with Gasteiger partial charge in [-0.3, -0.25) is 4.79 Å². The molecule has 0 spiro atoms. The highest BCUT2D eigenvalue weighted by molar-refractivity contribution is 8.00. The van der Waals surface area contributed by atoms with E-state index in [2.05, 4.69) is 5.32 Å². The van der Waals surface area contributed by atoms with Crippen molar-refractivity contribution in [2.24, 2.45) is 0 Å². The molecule has 0 radical (unpaired) electrons. The van der Waals surface area contributed by atoms with Crippen LogP contribution in [0.1, 0.15) is 0 Å². The first-order valence-corrected chi connectivity index (χ1v) is 9.03. The van der Waals surface area contributed by atoms with Gasteiger partial charge < -0.3 is 5.32 Å². The molecule has 0 aliphatic carbocycles. The fourth-order valence-corrected chi connectivity index (χ4v) is 3.37. The Hall–Kier alpha value is -1.93. The molecular weight excluding hydrogens is 344 g/mol. The number of hydrogen-bond acceptors (Lipinski definition) is 4. The minimum atomic E-state index is -4.78. The number of para-hydroxylation sites is 1. The minimum absolute atomic E-state index is 0.0348. The monoisotopic (exact) mass is 357 g/mol. The number of benzene rings is 2. The zero-order valence-corrected chi connectivity index (χ0v) is 13.4. The number of carbonyl (C=O) groups is 1. The minimum Gasteiger partial charge on any atom is -0.324 e. The van der Waals surface area contributed by atoms with Gasteiger partial charge in [0.05, 0.1) is 16.3 Å². The Bertz CT molecular complexity index is 780. The summed E-state index contributed by atoms with van der Waals surface area (Å²) in [6.45, 7) is 0. The third-order valence-electron chi connectivity index (χ3n) is 2.82. The number of alkyl halides is 2. The molecule has 122 valence electrons. The lowest BCUT2D eigenvalue weighted by atomic mass is 10.3. The number of sulfone groups is 1. The van der Waals surface area contributed by atoms with Crippen molar-refractivity contribution in [2.45, 2.75) is 15.5 Å². The second kappa shape index (κ2) is 7.56. The van der Waals surface area contributed by atoms with E-state index in [1.54, 1.807) is 0 Å². The van der Waals surface area contributed by atoms with Crippen molar-refractivity contribution in [3.63, 3.8) is 0 Å². The van der Waals surface area contributed by atoms with E-state index in [-0.39, 0.29) is 11.4 Å². The van der Waals surface area contributed by atoms with Crippen molar-refractivity contribution in [3.05, 3.63) is 54.6 Å². The first-order valence-electron chi connectivity index (χ1n) is 6.50. The van der Waals surface area contributed by atoms with Crippen LogP contribution in [0.15, 0.2) is 64.4 Å². The SMILES string of the molecule is O=C(CSc1ccccc1)Nc1ccccc1S(=O)(=O)C(F)F. The van der Waals surface area contributed by atoms with E-state index in [1.807, 2.05) is 30.3 Å². The number of carbonyl (C=O) groups excluding carboxylic acids is 1. The molecule has 0 saturated carbocycles. The van der Waals surface area contributed by atoms with Crippen LogP contribution in [-0.4, -0.2) is 25.8 Å². The molecule has 2 aromatic carbocycles. The molecule has 4 nitrogen and oxygen atoms in total. The summed E-state index contributed by atoms with van der Waals surface area (Å²) in [6, 6.07) is 14.3. The molecule has 8 heteroatoms. The van der Waals surface area contributed by atoms with E-state index in [4.69, 9.17) is 0 Å². The quantitative estimate of drug-likeness (QED) is 0.805. The molecule has 0 aliphatic heterocycles. The maximum Gasteiger partial charge on any atom is 0.341 e. The van der Waals surface area contributed by atoms with Crippen molar-refractivity contribution in [3.8, 4) is 0 Å². The molecule has 0 saturated heterocycles. The van der Waals surface area contributed by atoms with Crippen LogP contribution < -0.4 is 5.32 Å². The highest BCUT2D eigenvalue weighted by Crippen LogP contribution is 2.26. The van der Waals surface area contributed by atoms with Crippen LogP contribution in [0.4, 0.5) is 14.5 Å². The van der Waals surface area contributed by atoms with Gasteiger partial charge in [0.1, 0.15) is 0 Å². The standard InChI is InChI=1S/C15H13F2NO3S2/c16-15(17)23(20,21)13-9-5-4-8-12(13)18-14(19)10-22-11-6-2-1-3-7-11/h1-9,15H,10H2,(H,18,19). The molecule has 1 amide bonds. The molecule has 1 N–H and O–H groups in total. The van der Waals surface area contributed by atoms with E-state index in [0.29, 0.717) is 0 Å². The predicted octanol–water partition coefficient (Wildman–Crippen LogP) is 3.41. The second-order valence-electron chi connectivity index (χ2n) is 4.45. The topological polar surface area (TPSA) is 63.2 Å². The van der Waals surface area contributed by atoms with Crippen molar-refractivity contribution >= 4 is 33.2 Å². The summed E-state index contributed by atoms with van der Waals surface area (Å²) in [7, 11) is -4.78. The molecule has 2 aromatic rings. The first kappa shape index (κ1) is 17.4. The largest absolute Gasteiger partial charge is 0.341 e. The molecule has 0 aliphatic rings. The summed E-state index contributed by atoms with van der Waals surface area (Å²) in [5.74, 6) is -3.98. The Morgan fingerprint density at radius 3 is 2.30 bits per heavy atom. The molecule has 0 unspecified atom stereocenters. The Morgan fingerprint density at radius 2 is 1.65 bits per heavy atom. The lowest BCUT2D eigenvalue weighted by Gasteiger charge is -2.11. The molecule has 23 heavy (non-hydrogen) atoms. The van der Waals surface area contributed by atoms with E-state index >= 15 is 0 Å². The molecule has 0 fully saturated rings. The number of thioether (sulfide) groups is 1. The van der Waals surface area contributed by atoms with Gasteiger partial charge in [-0.15, -0.1) is 11.8 Å². The summed E-state index contributed by atoms with van der Waals surface area (Å²) < 4.78 is 48.6. The molecule has 0 bridgehead atoms. The first-order chi connectivity index (χ1) is 10.9. The summed E-state index contributed by atoms with van der Waals surface area (Å²) in [6.07, 6.45) is 0. The van der Waals surface area contributed by atoms with Crippen LogP contribution in [0.5, 0.6) is 0 Å². The Balaban J connectivity index is 2.10. The van der Waals surface area contributed by atoms with E-state index in [1.165, 1.54) is 30.0 Å². The number of nitrogens with one attached hydrogen (secondary N) is 1. The third kappa shape index (κ3) is 4.52. The molecule has 0 heterocycles. The predicted molar refractivity (Wildman–Crippen MR) is 85.4 cm³/mol. The fourth-order valence-electron chi connectivity index (χ4n) is 1.77. The van der Waals surface area contributed by atoms with Crippen molar-refractivity contribution in [1.82, 2.24) is 0 Å². The smallest absolute Gasteiger partial charge is 0.324 e. The average molecular weight is 357 g/mol. The zero-order chi connectivity index (χ0) is 16.9. The lowest BCUT2D eigenvalue weighted by molar-refractivity contribution is -0.113. The van der Waals surface area contributed by atoms with Crippen LogP contribution in [0, 0.1) is 0 Å².